The molecule has 2 heterocycles. The Labute approximate surface area is 223 Å². The van der Waals surface area contributed by atoms with Crippen LogP contribution < -0.4 is 26.0 Å². The molecule has 4 N–H and O–H groups in total. The number of thiocarbonyl (C=S) groups is 1. The predicted molar refractivity (Wildman–Crippen MR) is 143 cm³/mol. The maximum atomic E-state index is 13.0. The second kappa shape index (κ2) is 11.1. The predicted octanol–water partition coefficient (Wildman–Crippen LogP) is 6.12. The number of nitrogens with one attached hydrogen (secondary N) is 4. The Morgan fingerprint density at radius 3 is 2.51 bits per heavy atom. The molecule has 0 fully saturated rings. The van der Waals surface area contributed by atoms with Gasteiger partial charge in [0.05, 0.1) is 28.1 Å². The molecule has 0 aliphatic rings. The first-order valence-corrected chi connectivity index (χ1v) is 12.0. The third kappa shape index (κ3) is 6.53. The van der Waals surface area contributed by atoms with E-state index in [1.807, 2.05) is 12.1 Å². The molecule has 0 atom stereocenters. The summed E-state index contributed by atoms with van der Waals surface area (Å²) in [5.74, 6) is 0.750. The zero-order valence-electron chi connectivity index (χ0n) is 19.0. The zero-order chi connectivity index (χ0) is 26.6. The minimum Gasteiger partial charge on any atom is -0.494 e. The van der Waals surface area contributed by atoms with Gasteiger partial charge in [-0.15, -0.1) is 6.58 Å². The highest BCUT2D eigenvalue weighted by Gasteiger charge is 2.31. The van der Waals surface area contributed by atoms with Crippen LogP contribution in [0, 0.1) is 0 Å². The van der Waals surface area contributed by atoms with Crippen molar-refractivity contribution >= 4 is 79.1 Å². The van der Waals surface area contributed by atoms with Crippen LogP contribution in [0.25, 0.3) is 10.2 Å². The summed E-state index contributed by atoms with van der Waals surface area (Å²) in [4.78, 5) is 17.4. The lowest BCUT2D eigenvalue weighted by atomic mass is 10.2. The first-order chi connectivity index (χ1) is 17.7. The Bertz CT molecular complexity index is 1460. The number of alkyl halides is 3. The van der Waals surface area contributed by atoms with Gasteiger partial charge in [0.1, 0.15) is 11.3 Å². The summed E-state index contributed by atoms with van der Waals surface area (Å²) in [6.45, 7) is 4.02. The van der Waals surface area contributed by atoms with Crippen LogP contribution in [0.1, 0.15) is 5.56 Å². The lowest BCUT2D eigenvalue weighted by Gasteiger charge is -2.13. The number of hydrogen-bond acceptors (Lipinski definition) is 9. The van der Waals surface area contributed by atoms with Crippen molar-refractivity contribution in [3.63, 3.8) is 0 Å². The molecule has 0 aliphatic heterocycles. The Morgan fingerprint density at radius 2 is 1.84 bits per heavy atom. The second-order valence-electron chi connectivity index (χ2n) is 7.20. The van der Waals surface area contributed by atoms with Gasteiger partial charge in [-0.3, -0.25) is 5.32 Å². The van der Waals surface area contributed by atoms with Crippen LogP contribution in [0.3, 0.4) is 0 Å². The van der Waals surface area contributed by atoms with Gasteiger partial charge in [-0.1, -0.05) is 35.1 Å². The molecule has 0 saturated carbocycles. The number of nitrogens with zero attached hydrogens (tertiary/aromatic N) is 4. The van der Waals surface area contributed by atoms with Gasteiger partial charge in [0.25, 0.3) is 0 Å². The maximum absolute atomic E-state index is 13.0. The Kier molecular flexibility index (Phi) is 7.90. The van der Waals surface area contributed by atoms with E-state index in [0.29, 0.717) is 22.9 Å². The van der Waals surface area contributed by atoms with Crippen molar-refractivity contribution in [2.45, 2.75) is 6.18 Å². The summed E-state index contributed by atoms with van der Waals surface area (Å²) in [6.07, 6.45) is -2.91. The molecular weight excluding hydrogens is 549 g/mol. The summed E-state index contributed by atoms with van der Waals surface area (Å²) < 4.78 is 45.3. The van der Waals surface area contributed by atoms with Crippen molar-refractivity contribution in [3.05, 3.63) is 59.6 Å². The molecule has 2 aromatic heterocycles. The molecule has 0 radical (unpaired) electrons. The van der Waals surface area contributed by atoms with Crippen molar-refractivity contribution in [2.75, 3.05) is 29.6 Å². The van der Waals surface area contributed by atoms with E-state index in [0.717, 1.165) is 16.8 Å². The van der Waals surface area contributed by atoms with Crippen LogP contribution in [0.15, 0.2) is 49.1 Å². The quantitative estimate of drug-likeness (QED) is 0.147. The van der Waals surface area contributed by atoms with Gasteiger partial charge >= 0.3 is 6.18 Å². The minimum atomic E-state index is -4.53. The van der Waals surface area contributed by atoms with E-state index in [4.69, 9.17) is 28.6 Å². The minimum absolute atomic E-state index is 0.00753. The van der Waals surface area contributed by atoms with E-state index in [-0.39, 0.29) is 33.7 Å². The molecule has 4 aromatic rings. The van der Waals surface area contributed by atoms with E-state index in [1.54, 1.807) is 19.3 Å². The van der Waals surface area contributed by atoms with Gasteiger partial charge in [0.2, 0.25) is 17.8 Å². The van der Waals surface area contributed by atoms with E-state index in [2.05, 4.69) is 47.8 Å². The molecule has 9 nitrogen and oxygen atoms in total. The van der Waals surface area contributed by atoms with E-state index in [1.165, 1.54) is 17.4 Å². The van der Waals surface area contributed by atoms with Crippen molar-refractivity contribution < 1.29 is 17.9 Å². The van der Waals surface area contributed by atoms with Crippen LogP contribution in [0.2, 0.25) is 5.02 Å². The number of hydrogen-bond donors (Lipinski definition) is 4. The molecule has 0 aliphatic carbocycles. The number of methoxy groups -OCH3 is 1. The number of para-hydroxylation sites is 1. The van der Waals surface area contributed by atoms with E-state index in [9.17, 15) is 13.2 Å². The summed E-state index contributed by atoms with van der Waals surface area (Å²) in [5.41, 5.74) is -0.0576. The molecule has 0 saturated heterocycles. The number of ether oxygens (including phenoxy) is 1. The largest absolute Gasteiger partial charge is 0.494 e. The number of thiazole rings is 1. The number of rotatable bonds is 8. The summed E-state index contributed by atoms with van der Waals surface area (Å²) >= 11 is 12.7. The van der Waals surface area contributed by atoms with Gasteiger partial charge in [-0.05, 0) is 42.5 Å². The zero-order valence-corrected chi connectivity index (χ0v) is 21.4. The van der Waals surface area contributed by atoms with Crippen molar-refractivity contribution in [2.24, 2.45) is 0 Å². The maximum Gasteiger partial charge on any atom is 0.416 e. The number of anilines is 5. The van der Waals surface area contributed by atoms with E-state index >= 15 is 0 Å². The number of aromatic nitrogens is 4. The lowest BCUT2D eigenvalue weighted by molar-refractivity contribution is -0.137. The van der Waals surface area contributed by atoms with Crippen LogP contribution in [-0.4, -0.2) is 38.7 Å². The summed E-state index contributed by atoms with van der Waals surface area (Å²) in [7, 11) is 1.55. The first-order valence-electron chi connectivity index (χ1n) is 10.4. The van der Waals surface area contributed by atoms with Crippen LogP contribution in [0.4, 0.5) is 41.8 Å². The third-order valence-corrected chi connectivity index (χ3v) is 6.13. The molecule has 4 rings (SSSR count). The van der Waals surface area contributed by atoms with Crippen LogP contribution in [0.5, 0.6) is 5.75 Å². The second-order valence-corrected chi connectivity index (χ2v) is 9.04. The highest BCUT2D eigenvalue weighted by Crippen LogP contribution is 2.35. The fraction of sp³-hybridized carbons (Fsp3) is 0.136. The standard InChI is InChI=1S/C22H18ClF3N8OS2/c1-3-9-27-20(36)33-18-30-17(28-13-8-7-11(10-12(13)23)22(24,25)26)31-19(32-18)34-21-29-16-14(35-2)5-4-6-15(16)37-21/h3-8,10H,1,9H2,2H3,(H4,27,28,29,30,31,32,33,34,36). The molecule has 0 spiro atoms. The fourth-order valence-electron chi connectivity index (χ4n) is 3.00. The highest BCUT2D eigenvalue weighted by atomic mass is 35.5. The van der Waals surface area contributed by atoms with Gasteiger partial charge in [-0.2, -0.15) is 28.1 Å². The van der Waals surface area contributed by atoms with Crippen molar-refractivity contribution in [1.29, 1.82) is 0 Å². The monoisotopic (exact) mass is 566 g/mol. The molecule has 2 aromatic carbocycles. The smallest absolute Gasteiger partial charge is 0.416 e. The van der Waals surface area contributed by atoms with Gasteiger partial charge < -0.3 is 20.7 Å². The number of benzene rings is 2. The molecule has 15 heteroatoms. The Hall–Kier alpha value is -3.75. The highest BCUT2D eigenvalue weighted by molar-refractivity contribution is 7.80. The molecule has 0 amide bonds. The van der Waals surface area contributed by atoms with Crippen LogP contribution >= 0.6 is 35.2 Å². The first kappa shape index (κ1) is 26.3. The molecule has 0 unspecified atom stereocenters. The van der Waals surface area contributed by atoms with E-state index < -0.39 is 11.7 Å². The number of fused-ring (bicyclic) bond motifs is 1. The summed E-state index contributed by atoms with van der Waals surface area (Å²) in [6, 6.07) is 8.43. The Balaban J connectivity index is 1.66. The molecule has 37 heavy (non-hydrogen) atoms. The van der Waals surface area contributed by atoms with Crippen molar-refractivity contribution in [3.8, 4) is 5.75 Å². The Morgan fingerprint density at radius 1 is 1.11 bits per heavy atom. The third-order valence-electron chi connectivity index (χ3n) is 4.63. The topological polar surface area (TPSA) is 109 Å². The molecule has 192 valence electrons. The van der Waals surface area contributed by atoms with Gasteiger partial charge in [0.15, 0.2) is 10.2 Å². The van der Waals surface area contributed by atoms with Crippen molar-refractivity contribution in [1.82, 2.24) is 25.3 Å². The van der Waals surface area contributed by atoms with Crippen LogP contribution in [-0.2, 0) is 6.18 Å². The average Bonchev–Trinajstić information content (AvgIpc) is 3.25. The fourth-order valence-corrected chi connectivity index (χ4v) is 4.28. The van der Waals surface area contributed by atoms with Gasteiger partial charge in [-0.25, -0.2) is 4.98 Å². The normalized spacial score (nSPS) is 11.2. The van der Waals surface area contributed by atoms with Gasteiger partial charge in [0, 0.05) is 6.54 Å². The molecule has 0 bridgehead atoms. The summed E-state index contributed by atoms with van der Waals surface area (Å²) in [5, 5.41) is 12.1. The average molecular weight is 567 g/mol. The molecular formula is C22H18ClF3N8OS2. The lowest BCUT2D eigenvalue weighted by Crippen LogP contribution is -2.29. The number of halogens is 4. The SMILES string of the molecule is C=CCNC(=S)Nc1nc(Nc2nc3c(OC)cccc3s2)nc(Nc2ccc(C(F)(F)F)cc2Cl)n1.